The van der Waals surface area contributed by atoms with Crippen molar-refractivity contribution in [1.82, 2.24) is 9.97 Å². The summed E-state index contributed by atoms with van der Waals surface area (Å²) in [4.78, 5) is 24.9. The van der Waals surface area contributed by atoms with Gasteiger partial charge in [0.1, 0.15) is 5.69 Å². The van der Waals surface area contributed by atoms with E-state index in [4.69, 9.17) is 11.6 Å². The quantitative estimate of drug-likeness (QED) is 0.529. The monoisotopic (exact) mass is 494 g/mol. The first-order chi connectivity index (χ1) is 15.5. The van der Waals surface area contributed by atoms with Crippen LogP contribution in [0.1, 0.15) is 38.4 Å². The van der Waals surface area contributed by atoms with E-state index in [0.29, 0.717) is 29.4 Å². The standard InChI is InChI=1S/C21H14ClF3N4O3S/c1-11-6-17(29-33(31,32)12-2-3-16(22)15(7-12)21(23,24)25)19(28-8-11)20(30)13-4-5-27-18-10-26-9-14(13)18/h2-9,29H,10H2,1H3. The molecule has 0 saturated heterocycles. The normalized spacial score (nSPS) is 13.1. The first-order valence-electron chi connectivity index (χ1n) is 9.36. The summed E-state index contributed by atoms with van der Waals surface area (Å²) in [5.41, 5.74) is 0.160. The highest BCUT2D eigenvalue weighted by molar-refractivity contribution is 7.92. The molecule has 0 radical (unpaired) electrons. The minimum absolute atomic E-state index is 0.177. The molecule has 1 N–H and O–H groups in total. The fraction of sp³-hybridized carbons (Fsp3) is 0.143. The number of hydrogen-bond donors (Lipinski definition) is 1. The van der Waals surface area contributed by atoms with E-state index >= 15 is 0 Å². The van der Waals surface area contributed by atoms with Gasteiger partial charge >= 0.3 is 6.18 Å². The van der Waals surface area contributed by atoms with Crippen LogP contribution in [0.4, 0.5) is 18.9 Å². The fourth-order valence-electron chi connectivity index (χ4n) is 3.26. The Morgan fingerprint density at radius 2 is 1.91 bits per heavy atom. The highest BCUT2D eigenvalue weighted by atomic mass is 35.5. The number of pyridine rings is 2. The van der Waals surface area contributed by atoms with Crippen molar-refractivity contribution in [3.8, 4) is 0 Å². The van der Waals surface area contributed by atoms with Crippen LogP contribution in [0.15, 0.2) is 52.6 Å². The van der Waals surface area contributed by atoms with Crippen LogP contribution in [0.3, 0.4) is 0 Å². The van der Waals surface area contributed by atoms with E-state index in [1.165, 1.54) is 30.7 Å². The van der Waals surface area contributed by atoms with E-state index in [9.17, 15) is 26.4 Å². The van der Waals surface area contributed by atoms with Gasteiger partial charge in [-0.15, -0.1) is 0 Å². The van der Waals surface area contributed by atoms with Crippen molar-refractivity contribution in [1.29, 1.82) is 0 Å². The Kier molecular flexibility index (Phi) is 5.71. The van der Waals surface area contributed by atoms with E-state index in [-0.39, 0.29) is 16.9 Å². The predicted molar refractivity (Wildman–Crippen MR) is 115 cm³/mol. The third-order valence-electron chi connectivity index (χ3n) is 4.82. The number of aliphatic imine (C=N–C) groups is 1. The maximum absolute atomic E-state index is 13.2. The summed E-state index contributed by atoms with van der Waals surface area (Å²) in [6, 6.07) is 5.05. The highest BCUT2D eigenvalue weighted by Gasteiger charge is 2.35. The van der Waals surface area contributed by atoms with Gasteiger partial charge in [-0.1, -0.05) is 11.6 Å². The summed E-state index contributed by atoms with van der Waals surface area (Å²) in [6.45, 7) is 1.94. The van der Waals surface area contributed by atoms with Gasteiger partial charge in [0.2, 0.25) is 5.78 Å². The second-order valence-corrected chi connectivity index (χ2v) is 9.26. The van der Waals surface area contributed by atoms with Crippen molar-refractivity contribution in [2.24, 2.45) is 4.99 Å². The van der Waals surface area contributed by atoms with Gasteiger partial charge < -0.3 is 0 Å². The summed E-state index contributed by atoms with van der Waals surface area (Å²) < 4.78 is 67.6. The van der Waals surface area contributed by atoms with Gasteiger partial charge in [0.25, 0.3) is 10.0 Å². The number of nitrogens with zero attached hydrogens (tertiary/aromatic N) is 3. The number of aryl methyl sites for hydroxylation is 1. The minimum atomic E-state index is -4.85. The lowest BCUT2D eigenvalue weighted by Gasteiger charge is -2.15. The van der Waals surface area contributed by atoms with Crippen molar-refractivity contribution >= 4 is 39.3 Å². The van der Waals surface area contributed by atoms with Gasteiger partial charge in [-0.05, 0) is 42.8 Å². The molecule has 0 amide bonds. The Balaban J connectivity index is 1.76. The molecule has 0 bridgehead atoms. The average Bonchev–Trinajstić information content (AvgIpc) is 3.21. The van der Waals surface area contributed by atoms with Gasteiger partial charge in [-0.3, -0.25) is 24.5 Å². The summed E-state index contributed by atoms with van der Waals surface area (Å²) in [6.07, 6.45) is -0.534. The van der Waals surface area contributed by atoms with Gasteiger partial charge in [-0.2, -0.15) is 13.2 Å². The molecule has 170 valence electrons. The zero-order chi connectivity index (χ0) is 24.0. The molecule has 0 atom stereocenters. The van der Waals surface area contributed by atoms with Crippen LogP contribution in [0.25, 0.3) is 0 Å². The van der Waals surface area contributed by atoms with Crippen LogP contribution in [0.5, 0.6) is 0 Å². The minimum Gasteiger partial charge on any atom is -0.287 e. The summed E-state index contributed by atoms with van der Waals surface area (Å²) in [7, 11) is -4.52. The van der Waals surface area contributed by atoms with Gasteiger partial charge in [0.05, 0.1) is 33.4 Å². The summed E-state index contributed by atoms with van der Waals surface area (Å²) in [5, 5.41) is -0.636. The van der Waals surface area contributed by atoms with Gasteiger partial charge in [0.15, 0.2) is 0 Å². The largest absolute Gasteiger partial charge is 0.417 e. The molecule has 1 aliphatic heterocycles. The molecule has 4 rings (SSSR count). The average molecular weight is 495 g/mol. The third kappa shape index (κ3) is 4.46. The molecule has 0 aliphatic carbocycles. The molecule has 12 heteroatoms. The summed E-state index contributed by atoms with van der Waals surface area (Å²) in [5.74, 6) is -0.591. The van der Waals surface area contributed by atoms with Gasteiger partial charge in [-0.25, -0.2) is 8.42 Å². The number of nitrogens with one attached hydrogen (secondary N) is 1. The molecule has 7 nitrogen and oxygen atoms in total. The molecule has 0 fully saturated rings. The molecule has 3 heterocycles. The van der Waals surface area contributed by atoms with E-state index in [1.807, 2.05) is 0 Å². The van der Waals surface area contributed by atoms with Crippen LogP contribution < -0.4 is 4.72 Å². The number of benzene rings is 1. The maximum atomic E-state index is 13.2. The fourth-order valence-corrected chi connectivity index (χ4v) is 4.56. The molecule has 1 aromatic carbocycles. The number of alkyl halides is 3. The maximum Gasteiger partial charge on any atom is 0.417 e. The Morgan fingerprint density at radius 1 is 1.15 bits per heavy atom. The lowest BCUT2D eigenvalue weighted by atomic mass is 10.0. The number of aromatic nitrogens is 2. The molecule has 0 spiro atoms. The van der Waals surface area contributed by atoms with Crippen molar-refractivity contribution in [2.75, 3.05) is 4.72 Å². The zero-order valence-corrected chi connectivity index (χ0v) is 18.4. The Morgan fingerprint density at radius 3 is 2.64 bits per heavy atom. The molecule has 0 saturated carbocycles. The Labute approximate surface area is 191 Å². The Hall–Kier alpha value is -3.31. The topological polar surface area (TPSA) is 101 Å². The molecule has 33 heavy (non-hydrogen) atoms. The number of hydrogen-bond acceptors (Lipinski definition) is 6. The second kappa shape index (κ2) is 8.23. The molecule has 0 unspecified atom stereocenters. The Bertz CT molecular complexity index is 1420. The van der Waals surface area contributed by atoms with E-state index < -0.39 is 37.5 Å². The van der Waals surface area contributed by atoms with Gasteiger partial charge in [0, 0.05) is 29.7 Å². The number of anilines is 1. The molecule has 1 aliphatic rings. The second-order valence-electron chi connectivity index (χ2n) is 7.17. The molecule has 2 aromatic heterocycles. The predicted octanol–water partition coefficient (Wildman–Crippen LogP) is 4.42. The van der Waals surface area contributed by atoms with Crippen LogP contribution in [-0.2, 0) is 22.7 Å². The van der Waals surface area contributed by atoms with E-state index in [1.54, 1.807) is 6.92 Å². The molecule has 3 aromatic rings. The smallest absolute Gasteiger partial charge is 0.287 e. The van der Waals surface area contributed by atoms with E-state index in [0.717, 1.165) is 12.1 Å². The van der Waals surface area contributed by atoms with Crippen molar-refractivity contribution in [2.45, 2.75) is 24.5 Å². The molecular weight excluding hydrogens is 481 g/mol. The lowest BCUT2D eigenvalue weighted by molar-refractivity contribution is -0.137. The van der Waals surface area contributed by atoms with Crippen molar-refractivity contribution < 1.29 is 26.4 Å². The van der Waals surface area contributed by atoms with Crippen LogP contribution in [-0.4, -0.2) is 30.4 Å². The number of ketones is 1. The number of fused-ring (bicyclic) bond motifs is 1. The van der Waals surface area contributed by atoms with Crippen LogP contribution >= 0.6 is 11.6 Å². The number of carbonyl (C=O) groups is 1. The molecular formula is C21H14ClF3N4O3S. The first kappa shape index (κ1) is 22.9. The highest BCUT2D eigenvalue weighted by Crippen LogP contribution is 2.36. The zero-order valence-electron chi connectivity index (χ0n) is 16.8. The first-order valence-corrected chi connectivity index (χ1v) is 11.2. The number of rotatable bonds is 5. The van der Waals surface area contributed by atoms with Crippen LogP contribution in [0.2, 0.25) is 5.02 Å². The summed E-state index contributed by atoms with van der Waals surface area (Å²) >= 11 is 5.59. The number of carbonyl (C=O) groups excluding carboxylic acids is 1. The third-order valence-corrected chi connectivity index (χ3v) is 6.51. The van der Waals surface area contributed by atoms with Crippen molar-refractivity contribution in [3.63, 3.8) is 0 Å². The number of sulfonamides is 1. The van der Waals surface area contributed by atoms with E-state index in [2.05, 4.69) is 19.7 Å². The SMILES string of the molecule is Cc1cnc(C(=O)c2ccnc3c2C=NC3)c(NS(=O)(=O)c2ccc(Cl)c(C(F)(F)F)c2)c1. The van der Waals surface area contributed by atoms with Crippen molar-refractivity contribution in [3.05, 3.63) is 81.4 Å². The lowest BCUT2D eigenvalue weighted by Crippen LogP contribution is -2.19. The number of halogens is 4. The van der Waals surface area contributed by atoms with Crippen LogP contribution in [0, 0.1) is 6.92 Å².